The third kappa shape index (κ3) is 3.01. The number of hydrogen-bond donors (Lipinski definition) is 1. The van der Waals surface area contributed by atoms with Gasteiger partial charge >= 0.3 is 5.97 Å². The van der Waals surface area contributed by atoms with Crippen molar-refractivity contribution in [2.24, 2.45) is 0 Å². The van der Waals surface area contributed by atoms with Crippen LogP contribution in [0.4, 0.5) is 0 Å². The van der Waals surface area contributed by atoms with Crippen LogP contribution in [-0.2, 0) is 0 Å². The average molecular weight is 306 g/mol. The first-order chi connectivity index (χ1) is 11.1. The molecule has 2 aromatic carbocycles. The van der Waals surface area contributed by atoms with Crippen LogP contribution in [0, 0.1) is 0 Å². The Kier molecular flexibility index (Phi) is 3.98. The van der Waals surface area contributed by atoms with Crippen molar-refractivity contribution in [1.82, 2.24) is 9.78 Å². The van der Waals surface area contributed by atoms with Crippen molar-refractivity contribution in [3.63, 3.8) is 0 Å². The van der Waals surface area contributed by atoms with E-state index in [0.717, 1.165) is 11.3 Å². The molecule has 0 fully saturated rings. The Morgan fingerprint density at radius 2 is 1.70 bits per heavy atom. The van der Waals surface area contributed by atoms with Gasteiger partial charge in [0, 0.05) is 5.56 Å². The maximum Gasteiger partial charge on any atom is 0.354 e. The molecule has 1 heterocycles. The maximum absolute atomic E-state index is 11.5. The number of aromatic carboxylic acids is 1. The number of nitrogens with zero attached hydrogens (tertiary/aromatic N) is 2. The molecule has 0 atom stereocenters. The minimum absolute atomic E-state index is 0.152. The molecule has 1 aromatic heterocycles. The molecule has 0 aliphatic rings. The van der Waals surface area contributed by atoms with Crippen LogP contribution in [0.1, 0.15) is 35.8 Å². The zero-order valence-electron chi connectivity index (χ0n) is 13.1. The summed E-state index contributed by atoms with van der Waals surface area (Å²) in [7, 11) is 0. The molecule has 0 bridgehead atoms. The third-order valence-corrected chi connectivity index (χ3v) is 3.80. The van der Waals surface area contributed by atoms with E-state index >= 15 is 0 Å². The normalized spacial score (nSPS) is 10.9. The van der Waals surface area contributed by atoms with E-state index in [2.05, 4.69) is 31.1 Å². The Morgan fingerprint density at radius 1 is 1.04 bits per heavy atom. The Morgan fingerprint density at radius 3 is 2.26 bits per heavy atom. The lowest BCUT2D eigenvalue weighted by molar-refractivity contribution is 0.0687. The quantitative estimate of drug-likeness (QED) is 0.779. The van der Waals surface area contributed by atoms with Crippen molar-refractivity contribution in [1.29, 1.82) is 0 Å². The predicted molar refractivity (Wildman–Crippen MR) is 90.0 cm³/mol. The summed E-state index contributed by atoms with van der Waals surface area (Å²) in [5, 5.41) is 13.9. The molecule has 0 spiro atoms. The standard InChI is InChI=1S/C19H18N2O2/c1-13(2)14-8-10-15(11-9-14)17-12-18(19(22)23)21(20-17)16-6-4-3-5-7-16/h3-13H,1-2H3,(H,22,23). The van der Waals surface area contributed by atoms with Gasteiger partial charge in [0.1, 0.15) is 0 Å². The van der Waals surface area contributed by atoms with Gasteiger partial charge in [0.2, 0.25) is 0 Å². The van der Waals surface area contributed by atoms with Crippen LogP contribution in [0.5, 0.6) is 0 Å². The summed E-state index contributed by atoms with van der Waals surface area (Å²) >= 11 is 0. The van der Waals surface area contributed by atoms with Crippen LogP contribution in [0.2, 0.25) is 0 Å². The van der Waals surface area contributed by atoms with E-state index in [4.69, 9.17) is 0 Å². The highest BCUT2D eigenvalue weighted by atomic mass is 16.4. The van der Waals surface area contributed by atoms with Gasteiger partial charge in [-0.25, -0.2) is 9.48 Å². The lowest BCUT2D eigenvalue weighted by Crippen LogP contribution is -2.07. The van der Waals surface area contributed by atoms with E-state index in [1.165, 1.54) is 10.2 Å². The number of carboxylic acid groups (broad SMARTS) is 1. The Balaban J connectivity index is 2.06. The molecule has 0 aliphatic heterocycles. The molecule has 3 aromatic rings. The molecule has 1 N–H and O–H groups in total. The summed E-state index contributed by atoms with van der Waals surface area (Å²) in [5.74, 6) is -0.535. The van der Waals surface area contributed by atoms with Gasteiger partial charge in [-0.05, 0) is 29.7 Å². The van der Waals surface area contributed by atoms with Crippen LogP contribution in [0.3, 0.4) is 0 Å². The van der Waals surface area contributed by atoms with Crippen molar-refractivity contribution < 1.29 is 9.90 Å². The number of aromatic nitrogens is 2. The number of rotatable bonds is 4. The van der Waals surface area contributed by atoms with Crippen LogP contribution >= 0.6 is 0 Å². The van der Waals surface area contributed by atoms with Crippen LogP contribution in [0.25, 0.3) is 16.9 Å². The highest BCUT2D eigenvalue weighted by molar-refractivity contribution is 5.88. The minimum atomic E-state index is -0.994. The number of hydrogen-bond acceptors (Lipinski definition) is 2. The zero-order chi connectivity index (χ0) is 16.4. The Hall–Kier alpha value is -2.88. The second-order valence-electron chi connectivity index (χ2n) is 5.74. The molecule has 3 rings (SSSR count). The smallest absolute Gasteiger partial charge is 0.354 e. The average Bonchev–Trinajstić information content (AvgIpc) is 3.01. The Labute approximate surface area is 135 Å². The second kappa shape index (κ2) is 6.08. The monoisotopic (exact) mass is 306 g/mol. The number of benzene rings is 2. The maximum atomic E-state index is 11.5. The van der Waals surface area contributed by atoms with E-state index in [-0.39, 0.29) is 5.69 Å². The molecule has 0 amide bonds. The SMILES string of the molecule is CC(C)c1ccc(-c2cc(C(=O)O)n(-c3ccccc3)n2)cc1. The van der Waals surface area contributed by atoms with Crippen LogP contribution in [0.15, 0.2) is 60.7 Å². The lowest BCUT2D eigenvalue weighted by Gasteiger charge is -2.05. The summed E-state index contributed by atoms with van der Waals surface area (Å²) < 4.78 is 1.47. The van der Waals surface area contributed by atoms with Gasteiger partial charge in [0.05, 0.1) is 11.4 Å². The van der Waals surface area contributed by atoms with Crippen molar-refractivity contribution in [3.8, 4) is 16.9 Å². The fourth-order valence-electron chi connectivity index (χ4n) is 2.48. The van der Waals surface area contributed by atoms with E-state index in [1.807, 2.05) is 42.5 Å². The molecule has 0 unspecified atom stereocenters. The van der Waals surface area contributed by atoms with E-state index in [1.54, 1.807) is 6.07 Å². The van der Waals surface area contributed by atoms with Gasteiger partial charge in [-0.1, -0.05) is 56.3 Å². The lowest BCUT2D eigenvalue weighted by atomic mass is 10.0. The van der Waals surface area contributed by atoms with Gasteiger partial charge in [0.25, 0.3) is 0 Å². The predicted octanol–water partition coefficient (Wildman–Crippen LogP) is 4.36. The van der Waals surface area contributed by atoms with Gasteiger partial charge in [-0.2, -0.15) is 5.10 Å². The third-order valence-electron chi connectivity index (χ3n) is 3.80. The van der Waals surface area contributed by atoms with Crippen LogP contribution < -0.4 is 0 Å². The topological polar surface area (TPSA) is 55.1 Å². The van der Waals surface area contributed by atoms with Crippen molar-refractivity contribution in [2.75, 3.05) is 0 Å². The van der Waals surface area contributed by atoms with E-state index < -0.39 is 5.97 Å². The van der Waals surface area contributed by atoms with Crippen LogP contribution in [-0.4, -0.2) is 20.9 Å². The molecule has 0 radical (unpaired) electrons. The summed E-state index contributed by atoms with van der Waals surface area (Å²) in [5.41, 5.74) is 3.69. The first-order valence-electron chi connectivity index (χ1n) is 7.55. The second-order valence-corrected chi connectivity index (χ2v) is 5.74. The van der Waals surface area contributed by atoms with Crippen molar-refractivity contribution >= 4 is 5.97 Å². The fourth-order valence-corrected chi connectivity index (χ4v) is 2.48. The highest BCUT2D eigenvalue weighted by Gasteiger charge is 2.16. The molecule has 4 nitrogen and oxygen atoms in total. The van der Waals surface area contributed by atoms with Gasteiger partial charge in [0.15, 0.2) is 5.69 Å². The molecule has 116 valence electrons. The number of carbonyl (C=O) groups is 1. The molecule has 23 heavy (non-hydrogen) atoms. The summed E-state index contributed by atoms with van der Waals surface area (Å²) in [6, 6.07) is 19.0. The summed E-state index contributed by atoms with van der Waals surface area (Å²) in [6.07, 6.45) is 0. The Bertz CT molecular complexity index is 818. The fraction of sp³-hybridized carbons (Fsp3) is 0.158. The first-order valence-corrected chi connectivity index (χ1v) is 7.55. The van der Waals surface area contributed by atoms with Gasteiger partial charge < -0.3 is 5.11 Å². The molecular formula is C19H18N2O2. The highest BCUT2D eigenvalue weighted by Crippen LogP contribution is 2.24. The number of carboxylic acids is 1. The van der Waals surface area contributed by atoms with Crippen molar-refractivity contribution in [3.05, 3.63) is 71.9 Å². The first kappa shape index (κ1) is 15.0. The molecular weight excluding hydrogens is 288 g/mol. The molecule has 0 aliphatic carbocycles. The molecule has 4 heteroatoms. The number of para-hydroxylation sites is 1. The van der Waals surface area contributed by atoms with E-state index in [0.29, 0.717) is 11.6 Å². The zero-order valence-corrected chi connectivity index (χ0v) is 13.1. The summed E-state index contributed by atoms with van der Waals surface area (Å²) in [6.45, 7) is 4.28. The minimum Gasteiger partial charge on any atom is -0.477 e. The largest absolute Gasteiger partial charge is 0.477 e. The van der Waals surface area contributed by atoms with Crippen molar-refractivity contribution in [2.45, 2.75) is 19.8 Å². The molecule has 0 saturated heterocycles. The molecule has 0 saturated carbocycles. The van der Waals surface area contributed by atoms with Gasteiger partial charge in [-0.3, -0.25) is 0 Å². The summed E-state index contributed by atoms with van der Waals surface area (Å²) in [4.78, 5) is 11.5. The van der Waals surface area contributed by atoms with E-state index in [9.17, 15) is 9.90 Å². The van der Waals surface area contributed by atoms with Gasteiger partial charge in [-0.15, -0.1) is 0 Å².